The van der Waals surface area contributed by atoms with Crippen LogP contribution in [0.15, 0.2) is 59.7 Å². The number of carbonyl (C=O) groups is 2. The van der Waals surface area contributed by atoms with Gasteiger partial charge in [-0.25, -0.2) is 10.2 Å². The Morgan fingerprint density at radius 3 is 2.50 bits per heavy atom. The summed E-state index contributed by atoms with van der Waals surface area (Å²) in [5.74, 6) is -0.944. The predicted molar refractivity (Wildman–Crippen MR) is 114 cm³/mol. The Hall–Kier alpha value is -3.87. The Kier molecular flexibility index (Phi) is 6.32. The molecule has 1 amide bonds. The fraction of sp³-hybridized carbons (Fsp3) is 0.174. The molecule has 30 heavy (non-hydrogen) atoms. The molecule has 0 atom stereocenters. The highest BCUT2D eigenvalue weighted by Crippen LogP contribution is 2.20. The standard InChI is InChI=1S/C23H23N3O4/c1-4-30-23(29)17-9-11-19(12-10-17)26-15(2)13-18(16(26)3)14-24-25-22(28)20-7-5-6-8-21(20)27/h5-14,27H,4H2,1-3H3,(H,25,28)/b24-14+. The maximum Gasteiger partial charge on any atom is 0.338 e. The zero-order valence-electron chi connectivity index (χ0n) is 17.0. The highest BCUT2D eigenvalue weighted by molar-refractivity contribution is 5.97. The number of para-hydroxylation sites is 1. The van der Waals surface area contributed by atoms with Gasteiger partial charge in [0.1, 0.15) is 5.75 Å². The van der Waals surface area contributed by atoms with E-state index in [1.807, 2.05) is 36.6 Å². The van der Waals surface area contributed by atoms with Gasteiger partial charge in [0.05, 0.1) is 23.9 Å². The molecule has 0 aliphatic carbocycles. The number of carbonyl (C=O) groups excluding carboxylic acids is 2. The van der Waals surface area contributed by atoms with Crippen LogP contribution in [0.1, 0.15) is 44.6 Å². The summed E-state index contributed by atoms with van der Waals surface area (Å²) in [5, 5.41) is 13.8. The second-order valence-corrected chi connectivity index (χ2v) is 6.65. The van der Waals surface area contributed by atoms with Gasteiger partial charge in [-0.3, -0.25) is 4.79 Å². The van der Waals surface area contributed by atoms with E-state index in [1.54, 1.807) is 37.4 Å². The first-order valence-corrected chi connectivity index (χ1v) is 9.50. The molecule has 0 bridgehead atoms. The van der Waals surface area contributed by atoms with Gasteiger partial charge in [0.15, 0.2) is 0 Å². The van der Waals surface area contributed by atoms with Crippen molar-refractivity contribution in [1.82, 2.24) is 9.99 Å². The third-order valence-electron chi connectivity index (χ3n) is 4.63. The Morgan fingerprint density at radius 1 is 1.13 bits per heavy atom. The van der Waals surface area contributed by atoms with Gasteiger partial charge in [0, 0.05) is 22.6 Å². The molecule has 0 aliphatic heterocycles. The quantitative estimate of drug-likeness (QED) is 0.371. The van der Waals surface area contributed by atoms with E-state index in [2.05, 4.69) is 10.5 Å². The molecular formula is C23H23N3O4. The lowest BCUT2D eigenvalue weighted by Crippen LogP contribution is -2.17. The number of hydrogen-bond donors (Lipinski definition) is 2. The van der Waals surface area contributed by atoms with Gasteiger partial charge in [-0.1, -0.05) is 12.1 Å². The number of aromatic hydroxyl groups is 1. The normalized spacial score (nSPS) is 10.9. The number of amides is 1. The third-order valence-corrected chi connectivity index (χ3v) is 4.63. The summed E-state index contributed by atoms with van der Waals surface area (Å²) in [4.78, 5) is 24.0. The summed E-state index contributed by atoms with van der Waals surface area (Å²) < 4.78 is 7.04. The van der Waals surface area contributed by atoms with Crippen LogP contribution in [0.2, 0.25) is 0 Å². The van der Waals surface area contributed by atoms with Gasteiger partial charge in [0.2, 0.25) is 0 Å². The second-order valence-electron chi connectivity index (χ2n) is 6.65. The van der Waals surface area contributed by atoms with Gasteiger partial charge >= 0.3 is 5.97 Å². The van der Waals surface area contributed by atoms with Crippen LogP contribution in [0.3, 0.4) is 0 Å². The molecule has 7 heteroatoms. The molecule has 0 unspecified atom stereocenters. The van der Waals surface area contributed by atoms with Crippen LogP contribution in [-0.2, 0) is 4.74 Å². The first-order chi connectivity index (χ1) is 14.4. The SMILES string of the molecule is CCOC(=O)c1ccc(-n2c(C)cc(/C=N/NC(=O)c3ccccc3O)c2C)cc1. The van der Waals surface area contributed by atoms with E-state index >= 15 is 0 Å². The molecule has 0 spiro atoms. The zero-order chi connectivity index (χ0) is 21.7. The molecular weight excluding hydrogens is 382 g/mol. The number of rotatable bonds is 6. The predicted octanol–water partition coefficient (Wildman–Crippen LogP) is 3.74. The smallest absolute Gasteiger partial charge is 0.338 e. The summed E-state index contributed by atoms with van der Waals surface area (Å²) in [5.41, 5.74) is 6.71. The fourth-order valence-electron chi connectivity index (χ4n) is 3.16. The maximum atomic E-state index is 12.1. The first kappa shape index (κ1) is 20.9. The summed E-state index contributed by atoms with van der Waals surface area (Å²) in [6.45, 7) is 6.01. The van der Waals surface area contributed by atoms with Crippen LogP contribution in [-0.4, -0.2) is 34.4 Å². The molecule has 0 saturated carbocycles. The van der Waals surface area contributed by atoms with E-state index in [9.17, 15) is 14.7 Å². The topological polar surface area (TPSA) is 92.9 Å². The van der Waals surface area contributed by atoms with Crippen molar-refractivity contribution < 1.29 is 19.4 Å². The Bertz CT molecular complexity index is 1100. The van der Waals surface area contributed by atoms with Crippen LogP contribution < -0.4 is 5.43 Å². The summed E-state index contributed by atoms with van der Waals surface area (Å²) in [7, 11) is 0. The van der Waals surface area contributed by atoms with Crippen molar-refractivity contribution in [1.29, 1.82) is 0 Å². The van der Waals surface area contributed by atoms with Crippen LogP contribution in [0.25, 0.3) is 5.69 Å². The van der Waals surface area contributed by atoms with Gasteiger partial charge in [-0.15, -0.1) is 0 Å². The van der Waals surface area contributed by atoms with Crippen LogP contribution in [0.4, 0.5) is 0 Å². The zero-order valence-corrected chi connectivity index (χ0v) is 17.0. The van der Waals surface area contributed by atoms with Gasteiger partial charge in [-0.2, -0.15) is 5.10 Å². The van der Waals surface area contributed by atoms with Crippen LogP contribution in [0, 0.1) is 13.8 Å². The number of phenols is 1. The monoisotopic (exact) mass is 405 g/mol. The molecule has 2 aromatic carbocycles. The van der Waals surface area contributed by atoms with Gasteiger partial charge in [-0.05, 0) is 63.2 Å². The molecule has 0 radical (unpaired) electrons. The van der Waals surface area contributed by atoms with Gasteiger partial charge < -0.3 is 14.4 Å². The van der Waals surface area contributed by atoms with Crippen molar-refractivity contribution >= 4 is 18.1 Å². The number of aryl methyl sites for hydroxylation is 1. The average Bonchev–Trinajstić information content (AvgIpc) is 3.01. The Labute approximate surface area is 174 Å². The number of nitrogens with zero attached hydrogens (tertiary/aromatic N) is 2. The summed E-state index contributed by atoms with van der Waals surface area (Å²) in [6.07, 6.45) is 1.56. The minimum Gasteiger partial charge on any atom is -0.507 e. The number of hydrogen-bond acceptors (Lipinski definition) is 5. The number of hydrazone groups is 1. The summed E-state index contributed by atoms with van der Waals surface area (Å²) >= 11 is 0. The third kappa shape index (κ3) is 4.41. The van der Waals surface area contributed by atoms with Crippen LogP contribution in [0.5, 0.6) is 5.75 Å². The largest absolute Gasteiger partial charge is 0.507 e. The van der Waals surface area contributed by atoms with E-state index in [0.717, 1.165) is 22.6 Å². The van der Waals surface area contributed by atoms with E-state index in [0.29, 0.717) is 12.2 Å². The molecule has 0 fully saturated rings. The van der Waals surface area contributed by atoms with E-state index in [4.69, 9.17) is 4.74 Å². The fourth-order valence-corrected chi connectivity index (χ4v) is 3.16. The van der Waals surface area contributed by atoms with Crippen molar-refractivity contribution in [2.75, 3.05) is 6.61 Å². The highest BCUT2D eigenvalue weighted by Gasteiger charge is 2.12. The molecule has 2 N–H and O–H groups in total. The molecule has 0 saturated heterocycles. The number of phenolic OH excluding ortho intramolecular Hbond substituents is 1. The number of ether oxygens (including phenoxy) is 1. The van der Waals surface area contributed by atoms with Gasteiger partial charge in [0.25, 0.3) is 5.91 Å². The molecule has 0 aliphatic rings. The molecule has 154 valence electrons. The average molecular weight is 405 g/mol. The first-order valence-electron chi connectivity index (χ1n) is 9.50. The molecule has 7 nitrogen and oxygen atoms in total. The van der Waals surface area contributed by atoms with Crippen molar-refractivity contribution in [2.24, 2.45) is 5.10 Å². The van der Waals surface area contributed by atoms with Crippen molar-refractivity contribution in [2.45, 2.75) is 20.8 Å². The lowest BCUT2D eigenvalue weighted by Gasteiger charge is -2.10. The number of nitrogens with one attached hydrogen (secondary N) is 1. The Morgan fingerprint density at radius 2 is 1.83 bits per heavy atom. The van der Waals surface area contributed by atoms with Crippen molar-refractivity contribution in [3.63, 3.8) is 0 Å². The van der Waals surface area contributed by atoms with E-state index in [-0.39, 0.29) is 17.3 Å². The number of esters is 1. The molecule has 1 heterocycles. The molecule has 1 aromatic heterocycles. The number of benzene rings is 2. The second kappa shape index (κ2) is 9.09. The lowest BCUT2D eigenvalue weighted by atomic mass is 10.2. The summed E-state index contributed by atoms with van der Waals surface area (Å²) in [6, 6.07) is 15.4. The Balaban J connectivity index is 1.77. The molecule has 3 aromatic rings. The van der Waals surface area contributed by atoms with Crippen molar-refractivity contribution in [3.8, 4) is 11.4 Å². The minimum absolute atomic E-state index is 0.102. The molecule has 3 rings (SSSR count). The highest BCUT2D eigenvalue weighted by atomic mass is 16.5. The van der Waals surface area contributed by atoms with Crippen molar-refractivity contribution in [3.05, 3.63) is 82.7 Å². The van der Waals surface area contributed by atoms with E-state index < -0.39 is 5.91 Å². The maximum absolute atomic E-state index is 12.1. The van der Waals surface area contributed by atoms with Crippen LogP contribution >= 0.6 is 0 Å². The minimum atomic E-state index is -0.493. The van der Waals surface area contributed by atoms with E-state index in [1.165, 1.54) is 12.1 Å². The number of aromatic nitrogens is 1. The lowest BCUT2D eigenvalue weighted by molar-refractivity contribution is 0.0526.